The first-order valence-corrected chi connectivity index (χ1v) is 6.23. The van der Waals surface area contributed by atoms with Crippen molar-refractivity contribution in [3.63, 3.8) is 0 Å². The maximum absolute atomic E-state index is 12.9. The van der Waals surface area contributed by atoms with E-state index in [2.05, 4.69) is 6.07 Å². The van der Waals surface area contributed by atoms with Crippen molar-refractivity contribution in [2.24, 2.45) is 0 Å². The molecule has 1 saturated heterocycles. The topological polar surface area (TPSA) is 56.1 Å². The van der Waals surface area contributed by atoms with Gasteiger partial charge in [-0.15, -0.1) is 0 Å². The minimum Gasteiger partial charge on any atom is -0.632 e. The summed E-state index contributed by atoms with van der Waals surface area (Å²) in [4.78, 5) is 0. The smallest absolute Gasteiger partial charge is 0.202 e. The molecule has 4 heteroatoms. The molecule has 0 aliphatic carbocycles. The summed E-state index contributed by atoms with van der Waals surface area (Å²) in [5.74, 6) is 0. The SMILES string of the molecule is CCC[N+]1([O-])C(CC)COC(CC)C1C#N. The van der Waals surface area contributed by atoms with Crippen LogP contribution in [0.5, 0.6) is 0 Å². The molecule has 92 valence electrons. The summed E-state index contributed by atoms with van der Waals surface area (Å²) in [6, 6.07) is 1.55. The minimum atomic E-state index is -0.552. The van der Waals surface area contributed by atoms with Crippen molar-refractivity contribution < 1.29 is 9.38 Å². The number of rotatable bonds is 4. The maximum Gasteiger partial charge on any atom is 0.202 e. The van der Waals surface area contributed by atoms with Gasteiger partial charge in [0, 0.05) is 0 Å². The van der Waals surface area contributed by atoms with E-state index in [0.717, 1.165) is 19.3 Å². The van der Waals surface area contributed by atoms with E-state index in [1.807, 2.05) is 20.8 Å². The van der Waals surface area contributed by atoms with Crippen LogP contribution in [0.25, 0.3) is 0 Å². The fraction of sp³-hybridized carbons (Fsp3) is 0.917. The van der Waals surface area contributed by atoms with E-state index in [1.165, 1.54) is 0 Å². The van der Waals surface area contributed by atoms with E-state index in [1.54, 1.807) is 0 Å². The molecule has 0 bridgehead atoms. The average Bonchev–Trinajstić information content (AvgIpc) is 2.28. The summed E-state index contributed by atoms with van der Waals surface area (Å²) in [6.45, 7) is 6.98. The van der Waals surface area contributed by atoms with Crippen LogP contribution in [0.4, 0.5) is 0 Å². The van der Waals surface area contributed by atoms with E-state index in [0.29, 0.717) is 13.2 Å². The number of nitrogens with zero attached hydrogens (tertiary/aromatic N) is 2. The van der Waals surface area contributed by atoms with Gasteiger partial charge >= 0.3 is 0 Å². The highest BCUT2D eigenvalue weighted by molar-refractivity contribution is 4.95. The third kappa shape index (κ3) is 2.22. The Morgan fingerprint density at radius 3 is 2.50 bits per heavy atom. The van der Waals surface area contributed by atoms with Gasteiger partial charge in [0.2, 0.25) is 6.04 Å². The van der Waals surface area contributed by atoms with Gasteiger partial charge in [-0.1, -0.05) is 20.8 Å². The van der Waals surface area contributed by atoms with Crippen LogP contribution in [0.3, 0.4) is 0 Å². The molecule has 0 aromatic carbocycles. The van der Waals surface area contributed by atoms with E-state index < -0.39 is 6.04 Å². The van der Waals surface area contributed by atoms with Crippen LogP contribution in [0.1, 0.15) is 40.0 Å². The Morgan fingerprint density at radius 2 is 2.06 bits per heavy atom. The third-order valence-electron chi connectivity index (χ3n) is 3.52. The van der Waals surface area contributed by atoms with Crippen LogP contribution in [0, 0.1) is 16.5 Å². The van der Waals surface area contributed by atoms with Crippen molar-refractivity contribution in [2.75, 3.05) is 13.2 Å². The van der Waals surface area contributed by atoms with Gasteiger partial charge in [-0.3, -0.25) is 0 Å². The standard InChI is InChI=1S/C12H22N2O2/c1-4-7-14(15)10(5-2)9-16-12(6-3)11(14)8-13/h10-12H,4-7,9H2,1-3H3. The summed E-state index contributed by atoms with van der Waals surface area (Å²) in [7, 11) is 0. The van der Waals surface area contributed by atoms with Crippen molar-refractivity contribution in [1.29, 1.82) is 5.26 Å². The maximum atomic E-state index is 12.9. The summed E-state index contributed by atoms with van der Waals surface area (Å²) in [6.07, 6.45) is 2.13. The molecule has 0 amide bonds. The predicted molar refractivity (Wildman–Crippen MR) is 62.3 cm³/mol. The molecule has 1 rings (SSSR count). The lowest BCUT2D eigenvalue weighted by Gasteiger charge is -2.55. The highest BCUT2D eigenvalue weighted by Gasteiger charge is 2.44. The fourth-order valence-electron chi connectivity index (χ4n) is 2.58. The Hall–Kier alpha value is -0.630. The lowest BCUT2D eigenvalue weighted by atomic mass is 10.00. The molecule has 0 aromatic rings. The molecule has 0 aromatic heterocycles. The predicted octanol–water partition coefficient (Wildman–Crippen LogP) is 2.19. The molecule has 0 N–H and O–H groups in total. The second kappa shape index (κ2) is 5.62. The third-order valence-corrected chi connectivity index (χ3v) is 3.52. The van der Waals surface area contributed by atoms with Crippen molar-refractivity contribution in [2.45, 2.75) is 58.2 Å². The Kier molecular flexibility index (Phi) is 4.72. The highest BCUT2D eigenvalue weighted by atomic mass is 16.6. The van der Waals surface area contributed by atoms with Crippen LogP contribution >= 0.6 is 0 Å². The highest BCUT2D eigenvalue weighted by Crippen LogP contribution is 2.30. The molecule has 1 heterocycles. The first-order chi connectivity index (χ1) is 7.63. The van der Waals surface area contributed by atoms with Crippen molar-refractivity contribution >= 4 is 0 Å². The van der Waals surface area contributed by atoms with Crippen LogP contribution in [0.2, 0.25) is 0 Å². The molecule has 16 heavy (non-hydrogen) atoms. The van der Waals surface area contributed by atoms with Gasteiger partial charge in [0.05, 0.1) is 13.2 Å². The lowest BCUT2D eigenvalue weighted by Crippen LogP contribution is -2.66. The molecular weight excluding hydrogens is 204 g/mol. The fourth-order valence-corrected chi connectivity index (χ4v) is 2.58. The summed E-state index contributed by atoms with van der Waals surface area (Å²) in [5, 5.41) is 22.1. The zero-order valence-electron chi connectivity index (χ0n) is 10.5. The van der Waals surface area contributed by atoms with Gasteiger partial charge in [0.15, 0.2) is 0 Å². The Balaban J connectivity index is 2.96. The summed E-state index contributed by atoms with van der Waals surface area (Å²) < 4.78 is 5.26. The number of ether oxygens (including phenoxy) is 1. The normalized spacial score (nSPS) is 39.3. The number of hydrogen-bond acceptors (Lipinski definition) is 3. The second-order valence-electron chi connectivity index (χ2n) is 4.49. The number of morpholine rings is 1. The average molecular weight is 226 g/mol. The molecule has 0 radical (unpaired) electrons. The van der Waals surface area contributed by atoms with E-state index in [-0.39, 0.29) is 16.8 Å². The molecule has 1 aliphatic heterocycles. The van der Waals surface area contributed by atoms with Gasteiger partial charge in [-0.25, -0.2) is 0 Å². The monoisotopic (exact) mass is 226 g/mol. The number of hydrogen-bond donors (Lipinski definition) is 0. The molecule has 0 saturated carbocycles. The molecule has 4 atom stereocenters. The van der Waals surface area contributed by atoms with Crippen LogP contribution in [-0.2, 0) is 4.74 Å². The summed E-state index contributed by atoms with van der Waals surface area (Å²) >= 11 is 0. The molecule has 4 unspecified atom stereocenters. The van der Waals surface area contributed by atoms with Crippen molar-refractivity contribution in [3.8, 4) is 6.07 Å². The minimum absolute atomic E-state index is 0.0765. The lowest BCUT2D eigenvalue weighted by molar-refractivity contribution is -0.934. The van der Waals surface area contributed by atoms with Gasteiger partial charge in [-0.05, 0) is 19.3 Å². The number of quaternary nitrogens is 1. The molecule has 4 nitrogen and oxygen atoms in total. The van der Waals surface area contributed by atoms with Crippen LogP contribution < -0.4 is 0 Å². The van der Waals surface area contributed by atoms with E-state index >= 15 is 0 Å². The zero-order valence-corrected chi connectivity index (χ0v) is 10.5. The van der Waals surface area contributed by atoms with Gasteiger partial charge in [-0.2, -0.15) is 5.26 Å². The Bertz CT molecular complexity index is 264. The first-order valence-electron chi connectivity index (χ1n) is 6.23. The number of hydroxylamine groups is 3. The molecule has 0 spiro atoms. The summed E-state index contributed by atoms with van der Waals surface area (Å²) in [5.41, 5.74) is 0. The van der Waals surface area contributed by atoms with Crippen molar-refractivity contribution in [3.05, 3.63) is 5.21 Å². The van der Waals surface area contributed by atoms with Crippen molar-refractivity contribution in [1.82, 2.24) is 0 Å². The van der Waals surface area contributed by atoms with Crippen LogP contribution in [0.15, 0.2) is 0 Å². The second-order valence-corrected chi connectivity index (χ2v) is 4.49. The number of nitriles is 1. The Morgan fingerprint density at radius 1 is 1.38 bits per heavy atom. The molecule has 1 aliphatic rings. The van der Waals surface area contributed by atoms with Gasteiger partial charge in [0.25, 0.3) is 0 Å². The van der Waals surface area contributed by atoms with Gasteiger partial charge < -0.3 is 14.6 Å². The Labute approximate surface area is 98.0 Å². The van der Waals surface area contributed by atoms with E-state index in [9.17, 15) is 10.5 Å². The molecule has 1 fully saturated rings. The molecular formula is C12H22N2O2. The van der Waals surface area contributed by atoms with Crippen LogP contribution in [-0.4, -0.2) is 36.0 Å². The first kappa shape index (κ1) is 13.4. The quantitative estimate of drug-likeness (QED) is 0.545. The van der Waals surface area contributed by atoms with Gasteiger partial charge in [0.1, 0.15) is 18.2 Å². The zero-order chi connectivity index (χ0) is 12.2. The largest absolute Gasteiger partial charge is 0.632 e. The van der Waals surface area contributed by atoms with E-state index in [4.69, 9.17) is 4.74 Å².